The lowest BCUT2D eigenvalue weighted by Crippen LogP contribution is -2.51. The van der Waals surface area contributed by atoms with Crippen LogP contribution in [-0.2, 0) is 9.53 Å². The summed E-state index contributed by atoms with van der Waals surface area (Å²) in [7, 11) is 0. The van der Waals surface area contributed by atoms with E-state index in [0.29, 0.717) is 19.1 Å². The summed E-state index contributed by atoms with van der Waals surface area (Å²) in [5, 5.41) is 0. The molecular weight excluding hydrogens is 262 g/mol. The number of hydrogen-bond donors (Lipinski definition) is 1. The van der Waals surface area contributed by atoms with Gasteiger partial charge in [-0.25, -0.2) is 0 Å². The van der Waals surface area contributed by atoms with E-state index >= 15 is 0 Å². The Morgan fingerprint density at radius 1 is 1.16 bits per heavy atom. The lowest BCUT2D eigenvalue weighted by molar-refractivity contribution is -0.156. The summed E-state index contributed by atoms with van der Waals surface area (Å²) in [6.45, 7) is 2.82. The largest absolute Gasteiger partial charge is 0.466 e. The highest BCUT2D eigenvalue weighted by atomic mass is 35.5. The number of nitrogens with two attached hydrogens (primary N) is 1. The summed E-state index contributed by atoms with van der Waals surface area (Å²) in [4.78, 5) is 12.1. The topological polar surface area (TPSA) is 52.3 Å². The van der Waals surface area contributed by atoms with E-state index in [1.54, 1.807) is 0 Å². The molecule has 4 heteroatoms. The van der Waals surface area contributed by atoms with Gasteiger partial charge >= 0.3 is 5.97 Å². The molecule has 4 saturated carbocycles. The molecule has 0 aromatic heterocycles. The van der Waals surface area contributed by atoms with Crippen LogP contribution in [0, 0.1) is 35.5 Å². The van der Waals surface area contributed by atoms with Crippen molar-refractivity contribution in [2.45, 2.75) is 39.0 Å². The Morgan fingerprint density at radius 3 is 2.11 bits per heavy atom. The molecule has 0 aromatic carbocycles. The van der Waals surface area contributed by atoms with E-state index < -0.39 is 0 Å². The molecule has 0 radical (unpaired) electrons. The number of rotatable bonds is 4. The maximum atomic E-state index is 12.1. The molecule has 4 rings (SSSR count). The molecule has 1 atom stereocenters. The number of carbonyl (C=O) groups excluding carboxylic acids is 1. The molecule has 1 unspecified atom stereocenters. The Labute approximate surface area is 122 Å². The zero-order chi connectivity index (χ0) is 12.7. The summed E-state index contributed by atoms with van der Waals surface area (Å²) in [5.41, 5.74) is 5.88. The van der Waals surface area contributed by atoms with Crippen LogP contribution in [0.1, 0.15) is 39.0 Å². The minimum Gasteiger partial charge on any atom is -0.466 e. The summed E-state index contributed by atoms with van der Waals surface area (Å²) in [6, 6.07) is 0. The van der Waals surface area contributed by atoms with Crippen molar-refractivity contribution in [1.82, 2.24) is 0 Å². The van der Waals surface area contributed by atoms with Gasteiger partial charge in [-0.15, -0.1) is 12.4 Å². The third-order valence-corrected chi connectivity index (χ3v) is 5.61. The van der Waals surface area contributed by atoms with Crippen LogP contribution in [0.2, 0.25) is 0 Å². The zero-order valence-electron chi connectivity index (χ0n) is 11.7. The van der Waals surface area contributed by atoms with Crippen LogP contribution >= 0.6 is 12.4 Å². The van der Waals surface area contributed by atoms with Crippen LogP contribution in [0.3, 0.4) is 0 Å². The molecule has 4 fully saturated rings. The van der Waals surface area contributed by atoms with Crippen LogP contribution in [-0.4, -0.2) is 19.1 Å². The van der Waals surface area contributed by atoms with Crippen LogP contribution in [0.4, 0.5) is 0 Å². The molecule has 0 heterocycles. The first-order chi connectivity index (χ1) is 8.72. The SMILES string of the molecule is CCOC(=O)C(CN)C1C2CC3CC(C2)CC1C3.Cl. The first-order valence-electron chi connectivity index (χ1n) is 7.59. The van der Waals surface area contributed by atoms with E-state index in [1.165, 1.54) is 32.1 Å². The van der Waals surface area contributed by atoms with Gasteiger partial charge < -0.3 is 10.5 Å². The second-order valence-corrected chi connectivity index (χ2v) is 6.60. The van der Waals surface area contributed by atoms with Crippen LogP contribution in [0.5, 0.6) is 0 Å². The highest BCUT2D eigenvalue weighted by Crippen LogP contribution is 2.58. The van der Waals surface area contributed by atoms with Gasteiger partial charge in [0.1, 0.15) is 0 Å². The smallest absolute Gasteiger partial charge is 0.310 e. The molecule has 0 aliphatic heterocycles. The average Bonchev–Trinajstić information content (AvgIpc) is 2.33. The van der Waals surface area contributed by atoms with E-state index in [2.05, 4.69) is 0 Å². The molecule has 4 bridgehead atoms. The molecule has 19 heavy (non-hydrogen) atoms. The Kier molecular flexibility index (Phi) is 4.78. The maximum Gasteiger partial charge on any atom is 0.310 e. The molecule has 2 N–H and O–H groups in total. The van der Waals surface area contributed by atoms with Crippen molar-refractivity contribution >= 4 is 18.4 Å². The maximum absolute atomic E-state index is 12.1. The van der Waals surface area contributed by atoms with Crippen molar-refractivity contribution in [2.24, 2.45) is 41.2 Å². The first-order valence-corrected chi connectivity index (χ1v) is 7.59. The predicted octanol–water partition coefficient (Wildman–Crippen LogP) is 2.62. The summed E-state index contributed by atoms with van der Waals surface area (Å²) >= 11 is 0. The van der Waals surface area contributed by atoms with Crippen molar-refractivity contribution in [2.75, 3.05) is 13.2 Å². The van der Waals surface area contributed by atoms with Crippen molar-refractivity contribution in [1.29, 1.82) is 0 Å². The number of halogens is 1. The van der Waals surface area contributed by atoms with Crippen molar-refractivity contribution in [3.63, 3.8) is 0 Å². The van der Waals surface area contributed by atoms with Gasteiger partial charge in [-0.05, 0) is 68.6 Å². The Bertz CT molecular complexity index is 306. The third-order valence-electron chi connectivity index (χ3n) is 5.61. The molecule has 0 saturated heterocycles. The highest BCUT2D eigenvalue weighted by Gasteiger charge is 2.51. The second-order valence-electron chi connectivity index (χ2n) is 6.60. The van der Waals surface area contributed by atoms with E-state index in [0.717, 1.165) is 23.7 Å². The molecule has 0 amide bonds. The molecule has 4 aliphatic rings. The fourth-order valence-electron chi connectivity index (χ4n) is 5.28. The monoisotopic (exact) mass is 287 g/mol. The van der Waals surface area contributed by atoms with Gasteiger partial charge in [-0.3, -0.25) is 4.79 Å². The van der Waals surface area contributed by atoms with Gasteiger partial charge in [-0.2, -0.15) is 0 Å². The molecule has 0 spiro atoms. The Hall–Kier alpha value is -0.280. The van der Waals surface area contributed by atoms with E-state index in [-0.39, 0.29) is 24.3 Å². The van der Waals surface area contributed by atoms with Crippen molar-refractivity contribution in [3.05, 3.63) is 0 Å². The predicted molar refractivity (Wildman–Crippen MR) is 77.0 cm³/mol. The Morgan fingerprint density at radius 2 is 1.68 bits per heavy atom. The van der Waals surface area contributed by atoms with Gasteiger partial charge in [0.05, 0.1) is 12.5 Å². The van der Waals surface area contributed by atoms with Crippen LogP contribution < -0.4 is 5.73 Å². The lowest BCUT2D eigenvalue weighted by atomic mass is 9.49. The lowest BCUT2D eigenvalue weighted by Gasteiger charge is -2.55. The van der Waals surface area contributed by atoms with Gasteiger partial charge in [-0.1, -0.05) is 0 Å². The van der Waals surface area contributed by atoms with Crippen molar-refractivity contribution < 1.29 is 9.53 Å². The van der Waals surface area contributed by atoms with Gasteiger partial charge in [0.15, 0.2) is 0 Å². The van der Waals surface area contributed by atoms with Gasteiger partial charge in [0.2, 0.25) is 0 Å². The number of ether oxygens (including phenoxy) is 1. The van der Waals surface area contributed by atoms with E-state index in [4.69, 9.17) is 10.5 Å². The Balaban J connectivity index is 0.00000133. The van der Waals surface area contributed by atoms with Crippen LogP contribution in [0.25, 0.3) is 0 Å². The quantitative estimate of drug-likeness (QED) is 0.809. The molecular formula is C15H26ClNO2. The minimum absolute atomic E-state index is 0. The molecule has 3 nitrogen and oxygen atoms in total. The van der Waals surface area contributed by atoms with Gasteiger partial charge in [0, 0.05) is 6.54 Å². The first kappa shape index (κ1) is 15.1. The molecule has 0 aromatic rings. The standard InChI is InChI=1S/C15H25NO2.ClH/c1-2-18-15(17)13(8-16)14-11-4-9-3-10(6-11)7-12(14)5-9;/h9-14H,2-8,16H2,1H3;1H. The number of carbonyl (C=O) groups is 1. The zero-order valence-corrected chi connectivity index (χ0v) is 12.5. The fourth-order valence-corrected chi connectivity index (χ4v) is 5.28. The summed E-state index contributed by atoms with van der Waals surface area (Å²) in [5.74, 6) is 3.83. The average molecular weight is 288 g/mol. The van der Waals surface area contributed by atoms with E-state index in [1.807, 2.05) is 6.92 Å². The molecule has 4 aliphatic carbocycles. The van der Waals surface area contributed by atoms with Crippen molar-refractivity contribution in [3.8, 4) is 0 Å². The number of hydrogen-bond acceptors (Lipinski definition) is 3. The highest BCUT2D eigenvalue weighted by molar-refractivity contribution is 5.85. The van der Waals surface area contributed by atoms with Gasteiger partial charge in [0.25, 0.3) is 0 Å². The fraction of sp³-hybridized carbons (Fsp3) is 0.933. The second kappa shape index (κ2) is 6.01. The minimum atomic E-state index is -0.0440. The number of esters is 1. The van der Waals surface area contributed by atoms with E-state index in [9.17, 15) is 4.79 Å². The normalized spacial score (nSPS) is 40.6. The summed E-state index contributed by atoms with van der Waals surface area (Å²) in [6.07, 6.45) is 6.81. The molecule has 110 valence electrons. The third kappa shape index (κ3) is 2.64. The summed E-state index contributed by atoms with van der Waals surface area (Å²) < 4.78 is 5.23. The van der Waals surface area contributed by atoms with Crippen LogP contribution in [0.15, 0.2) is 0 Å².